The summed E-state index contributed by atoms with van der Waals surface area (Å²) >= 11 is 7.89. The SMILES string of the molecule is CS(=O)(=O)CCC(=O)O[C@H]1CN[C@H](C#Cc2cc3ncnc(Nc4ccc(OCc5cccc(F)c5)c(Cl)c4)c3s2)C1. The first-order chi connectivity index (χ1) is 20.1. The Labute approximate surface area is 251 Å². The van der Waals surface area contributed by atoms with Crippen LogP contribution in [0.2, 0.25) is 5.02 Å². The van der Waals surface area contributed by atoms with E-state index >= 15 is 0 Å². The van der Waals surface area contributed by atoms with Gasteiger partial charge in [-0.15, -0.1) is 11.3 Å². The van der Waals surface area contributed by atoms with Gasteiger partial charge in [0.2, 0.25) is 0 Å². The number of anilines is 2. The molecule has 0 unspecified atom stereocenters. The van der Waals surface area contributed by atoms with Gasteiger partial charge in [0.25, 0.3) is 0 Å². The average molecular weight is 629 g/mol. The molecule has 2 atom stereocenters. The van der Waals surface area contributed by atoms with Crippen molar-refractivity contribution in [3.8, 4) is 17.6 Å². The standard InChI is InChI=1S/C29H26ClFN4O5S2/c1-42(37,38)10-9-27(36)40-22-12-20(32-15-22)5-7-23-14-25-28(41-23)29(34-17-33-25)35-21-6-8-26(24(30)13-21)39-16-18-3-2-4-19(31)11-18/h2-4,6,8,11,13-14,17,20,22,32H,9-10,12,15-16H2,1H3,(H,33,34,35)/t20-,22-/m1/s1. The lowest BCUT2D eigenvalue weighted by molar-refractivity contribution is -0.147. The zero-order chi connectivity index (χ0) is 29.7. The number of fused-ring (bicyclic) bond motifs is 1. The van der Waals surface area contributed by atoms with Crippen molar-refractivity contribution in [1.82, 2.24) is 15.3 Å². The number of nitrogens with one attached hydrogen (secondary N) is 2. The molecule has 0 radical (unpaired) electrons. The largest absolute Gasteiger partial charge is 0.487 e. The second-order valence-electron chi connectivity index (χ2n) is 9.69. The second-order valence-corrected chi connectivity index (χ2v) is 13.4. The van der Waals surface area contributed by atoms with Crippen molar-refractivity contribution >= 4 is 60.5 Å². The van der Waals surface area contributed by atoms with Crippen LogP contribution >= 0.6 is 22.9 Å². The molecule has 5 rings (SSSR count). The number of hydrogen-bond donors (Lipinski definition) is 2. The van der Waals surface area contributed by atoms with E-state index < -0.39 is 15.8 Å². The number of ether oxygens (including phenoxy) is 2. The van der Waals surface area contributed by atoms with Gasteiger partial charge in [0.15, 0.2) is 5.82 Å². The maximum Gasteiger partial charge on any atom is 0.307 e. The van der Waals surface area contributed by atoms with Crippen LogP contribution in [-0.2, 0) is 26.0 Å². The number of carbonyl (C=O) groups is 1. The number of nitrogens with zero attached hydrogens (tertiary/aromatic N) is 2. The van der Waals surface area contributed by atoms with Crippen molar-refractivity contribution in [2.45, 2.75) is 31.6 Å². The topological polar surface area (TPSA) is 120 Å². The van der Waals surface area contributed by atoms with Crippen LogP contribution in [0.25, 0.3) is 10.2 Å². The van der Waals surface area contributed by atoms with Gasteiger partial charge in [0.05, 0.1) is 38.3 Å². The van der Waals surface area contributed by atoms with Gasteiger partial charge in [-0.2, -0.15) is 0 Å². The summed E-state index contributed by atoms with van der Waals surface area (Å²) in [5, 5.41) is 6.88. The fourth-order valence-corrected chi connectivity index (χ4v) is 5.89. The maximum absolute atomic E-state index is 13.4. The second kappa shape index (κ2) is 13.0. The normalized spacial score (nSPS) is 16.5. The highest BCUT2D eigenvalue weighted by Gasteiger charge is 2.26. The van der Waals surface area contributed by atoms with Gasteiger partial charge in [0.1, 0.15) is 40.4 Å². The van der Waals surface area contributed by atoms with Crippen molar-refractivity contribution in [3.63, 3.8) is 0 Å². The number of carbonyl (C=O) groups excluding carboxylic acids is 1. The van der Waals surface area contributed by atoms with Crippen LogP contribution in [0.4, 0.5) is 15.9 Å². The highest BCUT2D eigenvalue weighted by atomic mass is 35.5. The van der Waals surface area contributed by atoms with Gasteiger partial charge in [-0.05, 0) is 42.0 Å². The Morgan fingerprint density at radius 1 is 1.24 bits per heavy atom. The van der Waals surface area contributed by atoms with Crippen molar-refractivity contribution in [2.24, 2.45) is 0 Å². The number of hydrogen-bond acceptors (Lipinski definition) is 10. The number of benzene rings is 2. The first-order valence-corrected chi connectivity index (χ1v) is 16.2. The molecule has 1 fully saturated rings. The molecular weight excluding hydrogens is 603 g/mol. The fourth-order valence-electron chi connectivity index (χ4n) is 4.20. The lowest BCUT2D eigenvalue weighted by Crippen LogP contribution is -2.22. The monoisotopic (exact) mass is 628 g/mol. The molecule has 3 heterocycles. The van der Waals surface area contributed by atoms with E-state index in [4.69, 9.17) is 21.1 Å². The van der Waals surface area contributed by atoms with E-state index in [0.29, 0.717) is 40.8 Å². The summed E-state index contributed by atoms with van der Waals surface area (Å²) in [5.74, 6) is 6.32. The summed E-state index contributed by atoms with van der Waals surface area (Å²) in [7, 11) is -3.22. The molecule has 1 saturated heterocycles. The van der Waals surface area contributed by atoms with E-state index in [0.717, 1.165) is 21.3 Å². The molecule has 0 saturated carbocycles. The van der Waals surface area contributed by atoms with Gasteiger partial charge in [-0.1, -0.05) is 35.6 Å². The smallest absolute Gasteiger partial charge is 0.307 e. The molecule has 9 nitrogen and oxygen atoms in total. The average Bonchev–Trinajstić information content (AvgIpc) is 3.57. The van der Waals surface area contributed by atoms with Gasteiger partial charge >= 0.3 is 5.97 Å². The third kappa shape index (κ3) is 8.17. The number of halogens is 2. The lowest BCUT2D eigenvalue weighted by atomic mass is 10.2. The van der Waals surface area contributed by atoms with Crippen molar-refractivity contribution in [2.75, 3.05) is 23.9 Å². The molecule has 2 N–H and O–H groups in total. The molecule has 42 heavy (non-hydrogen) atoms. The number of rotatable bonds is 9. The van der Waals surface area contributed by atoms with Gasteiger partial charge in [-0.3, -0.25) is 10.1 Å². The molecule has 0 amide bonds. The Hall–Kier alpha value is -3.76. The van der Waals surface area contributed by atoms with Crippen LogP contribution in [-0.4, -0.2) is 55.1 Å². The summed E-state index contributed by atoms with van der Waals surface area (Å²) in [6, 6.07) is 13.2. The molecule has 1 aliphatic rings. The van der Waals surface area contributed by atoms with Crippen LogP contribution in [0.15, 0.2) is 54.9 Å². The molecular formula is C29H26ClFN4O5S2. The highest BCUT2D eigenvalue weighted by Crippen LogP contribution is 2.33. The first kappa shape index (κ1) is 29.7. The van der Waals surface area contributed by atoms with E-state index in [1.807, 2.05) is 12.1 Å². The quantitative estimate of drug-likeness (QED) is 0.198. The zero-order valence-corrected chi connectivity index (χ0v) is 24.8. The Kier molecular flexibility index (Phi) is 9.23. The van der Waals surface area contributed by atoms with Gasteiger partial charge in [0, 0.05) is 24.9 Å². The van der Waals surface area contributed by atoms with Crippen LogP contribution in [0.3, 0.4) is 0 Å². The Balaban J connectivity index is 1.20. The minimum Gasteiger partial charge on any atom is -0.487 e. The first-order valence-electron chi connectivity index (χ1n) is 12.9. The minimum atomic E-state index is -3.22. The maximum atomic E-state index is 13.4. The zero-order valence-electron chi connectivity index (χ0n) is 22.4. The van der Waals surface area contributed by atoms with Crippen LogP contribution in [0, 0.1) is 17.7 Å². The van der Waals surface area contributed by atoms with Crippen molar-refractivity contribution < 1.29 is 27.1 Å². The predicted octanol–water partition coefficient (Wildman–Crippen LogP) is 4.87. The van der Waals surface area contributed by atoms with Crippen molar-refractivity contribution in [3.05, 3.63) is 76.1 Å². The van der Waals surface area contributed by atoms with E-state index in [1.54, 1.807) is 24.3 Å². The minimum absolute atomic E-state index is 0.161. The molecule has 4 aromatic rings. The summed E-state index contributed by atoms with van der Waals surface area (Å²) < 4.78 is 47.9. The predicted molar refractivity (Wildman–Crippen MR) is 160 cm³/mol. The van der Waals surface area contributed by atoms with Crippen molar-refractivity contribution in [1.29, 1.82) is 0 Å². The van der Waals surface area contributed by atoms with Crippen LogP contribution in [0.1, 0.15) is 23.3 Å². The number of thiophene rings is 1. The van der Waals surface area contributed by atoms with Crippen LogP contribution < -0.4 is 15.4 Å². The molecule has 0 bridgehead atoms. The van der Waals surface area contributed by atoms with Gasteiger partial charge < -0.3 is 14.8 Å². The Morgan fingerprint density at radius 3 is 2.88 bits per heavy atom. The number of aromatic nitrogens is 2. The Bertz CT molecular complexity index is 1790. The van der Waals surface area contributed by atoms with E-state index in [1.165, 1.54) is 29.8 Å². The van der Waals surface area contributed by atoms with Gasteiger partial charge in [-0.25, -0.2) is 22.8 Å². The molecule has 218 valence electrons. The van der Waals surface area contributed by atoms with E-state index in [-0.39, 0.29) is 36.7 Å². The summed E-state index contributed by atoms with van der Waals surface area (Å²) in [6.45, 7) is 0.635. The lowest BCUT2D eigenvalue weighted by Gasteiger charge is -2.11. The Morgan fingerprint density at radius 2 is 2.10 bits per heavy atom. The number of esters is 1. The van der Waals surface area contributed by atoms with E-state index in [2.05, 4.69) is 32.4 Å². The van der Waals surface area contributed by atoms with E-state index in [9.17, 15) is 17.6 Å². The third-order valence-electron chi connectivity index (χ3n) is 6.22. The molecule has 13 heteroatoms. The summed E-state index contributed by atoms with van der Waals surface area (Å²) in [5.41, 5.74) is 2.13. The molecule has 2 aromatic heterocycles. The number of sulfone groups is 1. The molecule has 1 aliphatic heterocycles. The highest BCUT2D eigenvalue weighted by molar-refractivity contribution is 7.90. The fraction of sp³-hybridized carbons (Fsp3) is 0.276. The van der Waals surface area contributed by atoms with Crippen LogP contribution in [0.5, 0.6) is 5.75 Å². The molecule has 0 aliphatic carbocycles. The third-order valence-corrected chi connectivity index (χ3v) is 8.51. The molecule has 0 spiro atoms. The summed E-state index contributed by atoms with van der Waals surface area (Å²) in [6.07, 6.45) is 2.55. The summed E-state index contributed by atoms with van der Waals surface area (Å²) in [4.78, 5) is 21.5. The molecule has 2 aromatic carbocycles.